The molecular formula is C15H28N2OS. The predicted molar refractivity (Wildman–Crippen MR) is 83.0 cm³/mol. The van der Waals surface area contributed by atoms with E-state index in [-0.39, 0.29) is 5.54 Å². The van der Waals surface area contributed by atoms with Crippen LogP contribution in [0.3, 0.4) is 0 Å². The monoisotopic (exact) mass is 284 g/mol. The van der Waals surface area contributed by atoms with Gasteiger partial charge in [-0.1, -0.05) is 26.7 Å². The van der Waals surface area contributed by atoms with Crippen LogP contribution in [0.4, 0.5) is 0 Å². The van der Waals surface area contributed by atoms with Crippen LogP contribution in [0.15, 0.2) is 0 Å². The molecule has 1 aromatic rings. The lowest BCUT2D eigenvalue weighted by Crippen LogP contribution is -2.43. The predicted octanol–water partition coefficient (Wildman–Crippen LogP) is 3.79. The fourth-order valence-electron chi connectivity index (χ4n) is 2.51. The third-order valence-corrected chi connectivity index (χ3v) is 4.84. The fourth-order valence-corrected chi connectivity index (χ4v) is 3.65. The molecule has 1 heterocycles. The quantitative estimate of drug-likeness (QED) is 0.701. The Morgan fingerprint density at radius 2 is 1.84 bits per heavy atom. The minimum absolute atomic E-state index is 0.0334. The molecule has 110 valence electrons. The molecule has 4 heteroatoms. The van der Waals surface area contributed by atoms with Crippen LogP contribution >= 0.6 is 11.3 Å². The maximum Gasteiger partial charge on any atom is 0.113 e. The van der Waals surface area contributed by atoms with E-state index in [0.29, 0.717) is 0 Å². The zero-order valence-corrected chi connectivity index (χ0v) is 13.8. The van der Waals surface area contributed by atoms with Crippen LogP contribution in [-0.4, -0.2) is 25.2 Å². The van der Waals surface area contributed by atoms with E-state index in [4.69, 9.17) is 9.72 Å². The van der Waals surface area contributed by atoms with Crippen molar-refractivity contribution in [1.29, 1.82) is 0 Å². The Labute approximate surface area is 121 Å². The molecular weight excluding hydrogens is 256 g/mol. The zero-order chi connectivity index (χ0) is 14.3. The van der Waals surface area contributed by atoms with Crippen molar-refractivity contribution in [3.8, 4) is 0 Å². The van der Waals surface area contributed by atoms with Gasteiger partial charge in [0.15, 0.2) is 0 Å². The number of nitrogens with one attached hydrogen (secondary N) is 1. The van der Waals surface area contributed by atoms with Crippen molar-refractivity contribution in [3.63, 3.8) is 0 Å². The van der Waals surface area contributed by atoms with Crippen molar-refractivity contribution in [2.75, 3.05) is 20.3 Å². The third kappa shape index (κ3) is 4.26. The van der Waals surface area contributed by atoms with Gasteiger partial charge < -0.3 is 10.1 Å². The van der Waals surface area contributed by atoms with E-state index in [9.17, 15) is 0 Å². The largest absolute Gasteiger partial charge is 0.383 e. The average molecular weight is 284 g/mol. The first-order valence-corrected chi connectivity index (χ1v) is 8.09. The normalized spacial score (nSPS) is 12.1. The third-order valence-electron chi connectivity index (χ3n) is 3.56. The maximum atomic E-state index is 5.18. The number of rotatable bonds is 9. The van der Waals surface area contributed by atoms with Gasteiger partial charge >= 0.3 is 0 Å². The summed E-state index contributed by atoms with van der Waals surface area (Å²) in [4.78, 5) is 6.15. The number of methoxy groups -OCH3 is 1. The number of hydrogen-bond donors (Lipinski definition) is 1. The summed E-state index contributed by atoms with van der Waals surface area (Å²) in [6.07, 6.45) is 4.60. The highest BCUT2D eigenvalue weighted by Crippen LogP contribution is 2.35. The molecule has 0 amide bonds. The lowest BCUT2D eigenvalue weighted by atomic mass is 9.89. The first-order chi connectivity index (χ1) is 9.09. The Kier molecular flexibility index (Phi) is 6.97. The Bertz CT molecular complexity index is 351. The second-order valence-corrected chi connectivity index (χ2v) is 6.37. The summed E-state index contributed by atoms with van der Waals surface area (Å²) in [6, 6.07) is 0. The summed E-state index contributed by atoms with van der Waals surface area (Å²) in [6.45, 7) is 10.4. The highest BCUT2D eigenvalue weighted by molar-refractivity contribution is 7.11. The van der Waals surface area contributed by atoms with Gasteiger partial charge in [0.1, 0.15) is 5.01 Å². The molecule has 0 spiro atoms. The molecule has 0 atom stereocenters. The summed E-state index contributed by atoms with van der Waals surface area (Å²) >= 11 is 1.84. The van der Waals surface area contributed by atoms with Gasteiger partial charge in [0.25, 0.3) is 0 Å². The van der Waals surface area contributed by atoms with Gasteiger partial charge in [-0.3, -0.25) is 0 Å². The summed E-state index contributed by atoms with van der Waals surface area (Å²) in [5, 5.41) is 4.97. The number of thiazole rings is 1. The first-order valence-electron chi connectivity index (χ1n) is 7.28. The molecule has 19 heavy (non-hydrogen) atoms. The van der Waals surface area contributed by atoms with E-state index >= 15 is 0 Å². The van der Waals surface area contributed by atoms with E-state index in [1.54, 1.807) is 7.11 Å². The minimum atomic E-state index is 0.0334. The fraction of sp³-hybridized carbons (Fsp3) is 0.800. The maximum absolute atomic E-state index is 5.18. The van der Waals surface area contributed by atoms with Gasteiger partial charge in [0.05, 0.1) is 17.8 Å². The van der Waals surface area contributed by atoms with Crippen molar-refractivity contribution >= 4 is 11.3 Å². The summed E-state index contributed by atoms with van der Waals surface area (Å²) < 4.78 is 5.18. The number of nitrogens with zero attached hydrogens (tertiary/aromatic N) is 1. The topological polar surface area (TPSA) is 34.1 Å². The molecule has 0 radical (unpaired) electrons. The standard InChI is InChI=1S/C15H28N2OS/c1-6-8-15(9-7-2,16-10-11-18-5)14-17-12(3)13(4)19-14/h16H,6-11H2,1-5H3. The molecule has 1 aromatic heterocycles. The molecule has 0 aliphatic heterocycles. The molecule has 0 unspecified atom stereocenters. The Hall–Kier alpha value is -0.450. The lowest BCUT2D eigenvalue weighted by Gasteiger charge is -2.33. The van der Waals surface area contributed by atoms with Gasteiger partial charge in [-0.15, -0.1) is 11.3 Å². The van der Waals surface area contributed by atoms with Gasteiger partial charge in [-0.2, -0.15) is 0 Å². The summed E-state index contributed by atoms with van der Waals surface area (Å²) in [5.41, 5.74) is 1.20. The van der Waals surface area contributed by atoms with Crippen LogP contribution in [0, 0.1) is 13.8 Å². The second-order valence-electron chi connectivity index (χ2n) is 5.16. The van der Waals surface area contributed by atoms with Crippen LogP contribution in [0.25, 0.3) is 0 Å². The SMILES string of the molecule is CCCC(CCC)(NCCOC)c1nc(C)c(C)s1. The molecule has 0 fully saturated rings. The first kappa shape index (κ1) is 16.6. The highest BCUT2D eigenvalue weighted by Gasteiger charge is 2.33. The van der Waals surface area contributed by atoms with Crippen LogP contribution in [-0.2, 0) is 10.3 Å². The van der Waals surface area contributed by atoms with Crippen molar-refractivity contribution in [2.45, 2.75) is 58.9 Å². The average Bonchev–Trinajstić information content (AvgIpc) is 2.71. The van der Waals surface area contributed by atoms with Crippen LogP contribution in [0.2, 0.25) is 0 Å². The molecule has 1 rings (SSSR count). The van der Waals surface area contributed by atoms with Crippen molar-refractivity contribution in [1.82, 2.24) is 10.3 Å². The molecule has 0 aliphatic carbocycles. The smallest absolute Gasteiger partial charge is 0.113 e. The molecule has 0 bridgehead atoms. The molecule has 3 nitrogen and oxygen atoms in total. The Morgan fingerprint density at radius 1 is 1.21 bits per heavy atom. The number of aromatic nitrogens is 1. The Balaban J connectivity index is 2.99. The van der Waals surface area contributed by atoms with Gasteiger partial charge in [0, 0.05) is 18.5 Å². The van der Waals surface area contributed by atoms with E-state index < -0.39 is 0 Å². The molecule has 0 aliphatic rings. The van der Waals surface area contributed by atoms with Crippen LogP contribution in [0.5, 0.6) is 0 Å². The van der Waals surface area contributed by atoms with E-state index in [1.165, 1.54) is 15.6 Å². The highest BCUT2D eigenvalue weighted by atomic mass is 32.1. The minimum Gasteiger partial charge on any atom is -0.383 e. The summed E-state index contributed by atoms with van der Waals surface area (Å²) in [7, 11) is 1.75. The van der Waals surface area contributed by atoms with Crippen LogP contribution in [0.1, 0.15) is 55.1 Å². The van der Waals surface area contributed by atoms with E-state index in [0.717, 1.165) is 38.8 Å². The number of hydrogen-bond acceptors (Lipinski definition) is 4. The van der Waals surface area contributed by atoms with Crippen molar-refractivity contribution in [2.24, 2.45) is 0 Å². The van der Waals surface area contributed by atoms with Crippen LogP contribution < -0.4 is 5.32 Å². The number of aryl methyl sites for hydroxylation is 2. The van der Waals surface area contributed by atoms with Crippen molar-refractivity contribution < 1.29 is 4.74 Å². The summed E-state index contributed by atoms with van der Waals surface area (Å²) in [5.74, 6) is 0. The van der Waals surface area contributed by atoms with Gasteiger partial charge in [-0.25, -0.2) is 4.98 Å². The number of ether oxygens (including phenoxy) is 1. The van der Waals surface area contributed by atoms with E-state index in [2.05, 4.69) is 33.0 Å². The second kappa shape index (κ2) is 7.98. The zero-order valence-electron chi connectivity index (χ0n) is 13.0. The van der Waals surface area contributed by atoms with E-state index in [1.807, 2.05) is 11.3 Å². The molecule has 1 N–H and O–H groups in total. The lowest BCUT2D eigenvalue weighted by molar-refractivity contribution is 0.176. The molecule has 0 aromatic carbocycles. The van der Waals surface area contributed by atoms with Gasteiger partial charge in [0.2, 0.25) is 0 Å². The molecule has 0 saturated carbocycles. The van der Waals surface area contributed by atoms with Crippen molar-refractivity contribution in [3.05, 3.63) is 15.6 Å². The Morgan fingerprint density at radius 3 is 2.26 bits per heavy atom. The van der Waals surface area contributed by atoms with Gasteiger partial charge in [-0.05, 0) is 26.7 Å². The molecule has 0 saturated heterocycles.